The number of urea groups is 1. The second kappa shape index (κ2) is 7.64. The third-order valence-corrected chi connectivity index (χ3v) is 4.39. The number of hydrogen-bond donors (Lipinski definition) is 2. The third kappa shape index (κ3) is 5.91. The van der Waals surface area contributed by atoms with Gasteiger partial charge < -0.3 is 20.1 Å². The van der Waals surface area contributed by atoms with E-state index in [9.17, 15) is 9.59 Å². The van der Waals surface area contributed by atoms with Crippen molar-refractivity contribution >= 4 is 12.0 Å². The molecule has 0 aliphatic heterocycles. The first-order valence-corrected chi connectivity index (χ1v) is 7.50. The molecule has 0 spiro atoms. The van der Waals surface area contributed by atoms with Gasteiger partial charge in [-0.15, -0.1) is 0 Å². The second-order valence-corrected chi connectivity index (χ2v) is 6.65. The number of rotatable bonds is 6. The first-order chi connectivity index (χ1) is 9.75. The average molecular weight is 300 g/mol. The predicted octanol–water partition coefficient (Wildman–Crippen LogP) is 2.09. The number of ether oxygens (including phenoxy) is 1. The molecule has 1 unspecified atom stereocenters. The highest BCUT2D eigenvalue weighted by Crippen LogP contribution is 2.36. The van der Waals surface area contributed by atoms with Crippen molar-refractivity contribution in [2.45, 2.75) is 58.1 Å². The van der Waals surface area contributed by atoms with Crippen molar-refractivity contribution in [3.05, 3.63) is 0 Å². The molecule has 1 atom stereocenters. The van der Waals surface area contributed by atoms with Crippen molar-refractivity contribution in [3.63, 3.8) is 0 Å². The number of carboxylic acids is 1. The lowest BCUT2D eigenvalue weighted by Gasteiger charge is -2.38. The molecule has 0 aromatic heterocycles. The Labute approximate surface area is 126 Å². The topological polar surface area (TPSA) is 78.9 Å². The van der Waals surface area contributed by atoms with Crippen molar-refractivity contribution in [1.29, 1.82) is 0 Å². The number of amides is 2. The zero-order valence-electron chi connectivity index (χ0n) is 13.5. The molecule has 6 nitrogen and oxygen atoms in total. The first-order valence-electron chi connectivity index (χ1n) is 7.50. The fraction of sp³-hybridized carbons (Fsp3) is 0.867. The van der Waals surface area contributed by atoms with E-state index >= 15 is 0 Å². The smallest absolute Gasteiger partial charge is 0.317 e. The molecule has 0 aromatic rings. The van der Waals surface area contributed by atoms with Gasteiger partial charge in [0.15, 0.2) is 0 Å². The highest BCUT2D eigenvalue weighted by atomic mass is 16.5. The molecule has 0 radical (unpaired) electrons. The van der Waals surface area contributed by atoms with Crippen LogP contribution in [0.3, 0.4) is 0 Å². The highest BCUT2D eigenvalue weighted by molar-refractivity contribution is 5.74. The van der Waals surface area contributed by atoms with Crippen LogP contribution in [-0.4, -0.2) is 54.9 Å². The summed E-state index contributed by atoms with van der Waals surface area (Å²) in [6, 6.07) is 0.102. The van der Waals surface area contributed by atoms with Gasteiger partial charge in [0.1, 0.15) is 0 Å². The van der Waals surface area contributed by atoms with E-state index in [1.54, 1.807) is 11.9 Å². The molecule has 0 bridgehead atoms. The summed E-state index contributed by atoms with van der Waals surface area (Å²) in [4.78, 5) is 24.5. The summed E-state index contributed by atoms with van der Waals surface area (Å²) in [7, 11) is 3.25. The van der Waals surface area contributed by atoms with Crippen LogP contribution in [0.1, 0.15) is 46.0 Å². The summed E-state index contributed by atoms with van der Waals surface area (Å²) in [5.41, 5.74) is 0.371. The number of carboxylic acid groups (broad SMARTS) is 1. The third-order valence-electron chi connectivity index (χ3n) is 4.39. The van der Waals surface area contributed by atoms with Gasteiger partial charge in [-0.05, 0) is 31.1 Å². The fourth-order valence-corrected chi connectivity index (χ4v) is 2.70. The van der Waals surface area contributed by atoms with Gasteiger partial charge in [-0.3, -0.25) is 4.79 Å². The van der Waals surface area contributed by atoms with E-state index in [4.69, 9.17) is 9.84 Å². The number of methoxy groups -OCH3 is 1. The van der Waals surface area contributed by atoms with Crippen molar-refractivity contribution in [2.24, 2.45) is 5.41 Å². The molecule has 0 heterocycles. The number of nitrogens with one attached hydrogen (secondary N) is 1. The second-order valence-electron chi connectivity index (χ2n) is 6.65. The normalized spacial score (nSPS) is 19.8. The Morgan fingerprint density at radius 1 is 1.38 bits per heavy atom. The van der Waals surface area contributed by atoms with Gasteiger partial charge in [-0.25, -0.2) is 4.79 Å². The van der Waals surface area contributed by atoms with Crippen LogP contribution in [0.2, 0.25) is 0 Å². The standard InChI is InChI=1S/C15H28N2O4/c1-15(2)7-5-11(6-8-15)17(3)14(20)16-10-12(21-4)9-13(18)19/h11-12H,5-10H2,1-4H3,(H,16,20)(H,18,19). The van der Waals surface area contributed by atoms with E-state index in [2.05, 4.69) is 19.2 Å². The molecule has 21 heavy (non-hydrogen) atoms. The van der Waals surface area contributed by atoms with E-state index in [1.165, 1.54) is 7.11 Å². The Bertz CT molecular complexity index is 361. The molecule has 1 aliphatic carbocycles. The first kappa shape index (κ1) is 17.8. The van der Waals surface area contributed by atoms with E-state index < -0.39 is 12.1 Å². The van der Waals surface area contributed by atoms with Crippen molar-refractivity contribution < 1.29 is 19.4 Å². The van der Waals surface area contributed by atoms with Crippen LogP contribution in [0, 0.1) is 5.41 Å². The Morgan fingerprint density at radius 3 is 2.43 bits per heavy atom. The molecule has 1 rings (SSSR count). The lowest BCUT2D eigenvalue weighted by Crippen LogP contribution is -2.47. The lowest BCUT2D eigenvalue weighted by molar-refractivity contribution is -0.139. The monoisotopic (exact) mass is 300 g/mol. The number of aliphatic carboxylic acids is 1. The number of carbonyl (C=O) groups excluding carboxylic acids is 1. The van der Waals surface area contributed by atoms with Gasteiger partial charge in [0, 0.05) is 26.7 Å². The minimum absolute atomic E-state index is 0.113. The number of hydrogen-bond acceptors (Lipinski definition) is 3. The molecule has 1 saturated carbocycles. The van der Waals surface area contributed by atoms with E-state index in [0.29, 0.717) is 5.41 Å². The minimum atomic E-state index is -0.932. The number of nitrogens with zero attached hydrogens (tertiary/aromatic N) is 1. The van der Waals surface area contributed by atoms with Crippen molar-refractivity contribution in [3.8, 4) is 0 Å². The largest absolute Gasteiger partial charge is 0.481 e. The van der Waals surface area contributed by atoms with Crippen molar-refractivity contribution in [1.82, 2.24) is 10.2 Å². The molecule has 6 heteroatoms. The van der Waals surface area contributed by atoms with Gasteiger partial charge >= 0.3 is 12.0 Å². The van der Waals surface area contributed by atoms with Gasteiger partial charge in [-0.2, -0.15) is 0 Å². The quantitative estimate of drug-likeness (QED) is 0.787. The molecule has 2 amide bonds. The van der Waals surface area contributed by atoms with Crippen LogP contribution >= 0.6 is 0 Å². The lowest BCUT2D eigenvalue weighted by atomic mass is 9.75. The Hall–Kier alpha value is -1.30. The van der Waals surface area contributed by atoms with Crippen LogP contribution in [0.25, 0.3) is 0 Å². The number of carbonyl (C=O) groups is 2. The van der Waals surface area contributed by atoms with Crippen molar-refractivity contribution in [2.75, 3.05) is 20.7 Å². The van der Waals surface area contributed by atoms with E-state index in [-0.39, 0.29) is 25.0 Å². The molecule has 122 valence electrons. The van der Waals surface area contributed by atoms with E-state index in [0.717, 1.165) is 25.7 Å². The SMILES string of the molecule is COC(CNC(=O)N(C)C1CCC(C)(C)CC1)CC(=O)O. The Balaban J connectivity index is 2.39. The van der Waals surface area contributed by atoms with Crippen LogP contribution < -0.4 is 5.32 Å². The van der Waals surface area contributed by atoms with E-state index in [1.807, 2.05) is 0 Å². The summed E-state index contributed by atoms with van der Waals surface area (Å²) in [6.45, 7) is 4.74. The fourth-order valence-electron chi connectivity index (χ4n) is 2.70. The maximum Gasteiger partial charge on any atom is 0.317 e. The minimum Gasteiger partial charge on any atom is -0.481 e. The molecule has 0 aromatic carbocycles. The maximum absolute atomic E-state index is 12.1. The predicted molar refractivity (Wildman–Crippen MR) is 80.2 cm³/mol. The maximum atomic E-state index is 12.1. The summed E-state index contributed by atoms with van der Waals surface area (Å²) < 4.78 is 5.05. The molecule has 1 aliphatic rings. The van der Waals surface area contributed by atoms with Crippen LogP contribution in [-0.2, 0) is 9.53 Å². The summed E-state index contributed by atoms with van der Waals surface area (Å²) >= 11 is 0. The highest BCUT2D eigenvalue weighted by Gasteiger charge is 2.30. The summed E-state index contributed by atoms with van der Waals surface area (Å²) in [5, 5.41) is 11.5. The molecule has 0 saturated heterocycles. The van der Waals surface area contributed by atoms with Crippen LogP contribution in [0.15, 0.2) is 0 Å². The van der Waals surface area contributed by atoms with Gasteiger partial charge in [-0.1, -0.05) is 13.8 Å². The zero-order chi connectivity index (χ0) is 16.0. The zero-order valence-corrected chi connectivity index (χ0v) is 13.5. The Morgan fingerprint density at radius 2 is 1.95 bits per heavy atom. The molecular weight excluding hydrogens is 272 g/mol. The Kier molecular flexibility index (Phi) is 6.45. The van der Waals surface area contributed by atoms with Gasteiger partial charge in [0.05, 0.1) is 12.5 Å². The van der Waals surface area contributed by atoms with Crippen LogP contribution in [0.4, 0.5) is 4.79 Å². The van der Waals surface area contributed by atoms with Gasteiger partial charge in [0.2, 0.25) is 0 Å². The average Bonchev–Trinajstić information content (AvgIpc) is 2.41. The molecule has 2 N–H and O–H groups in total. The summed E-state index contributed by atoms with van der Waals surface area (Å²) in [6.07, 6.45) is 3.66. The van der Waals surface area contributed by atoms with Crippen LogP contribution in [0.5, 0.6) is 0 Å². The summed E-state index contributed by atoms with van der Waals surface area (Å²) in [5.74, 6) is -0.932. The van der Waals surface area contributed by atoms with Gasteiger partial charge in [0.25, 0.3) is 0 Å². The molecule has 1 fully saturated rings. The molecular formula is C15H28N2O4.